The molecule has 1 saturated heterocycles. The minimum atomic E-state index is -0.312. The highest BCUT2D eigenvalue weighted by Gasteiger charge is 2.61. The molecule has 1 fully saturated rings. The summed E-state index contributed by atoms with van der Waals surface area (Å²) in [7, 11) is 0. The SMILES string of the molecule is O=C1[C@@H]2C3c4ccccc4C(c4ccccc43)[C@@H]2C(=O)N1c1ccccc1. The van der Waals surface area contributed by atoms with Crippen LogP contribution in [0.4, 0.5) is 5.69 Å². The average molecular weight is 351 g/mol. The van der Waals surface area contributed by atoms with Crippen LogP contribution in [0.3, 0.4) is 0 Å². The lowest BCUT2D eigenvalue weighted by atomic mass is 9.55. The average Bonchev–Trinajstić information content (AvgIpc) is 3.00. The molecule has 3 nitrogen and oxygen atoms in total. The molecule has 0 N–H and O–H groups in total. The summed E-state index contributed by atoms with van der Waals surface area (Å²) < 4.78 is 0. The normalized spacial score (nSPS) is 27.3. The number of nitrogens with zero attached hydrogens (tertiary/aromatic N) is 1. The van der Waals surface area contributed by atoms with Crippen LogP contribution in [-0.2, 0) is 9.59 Å². The molecule has 4 aliphatic rings. The van der Waals surface area contributed by atoms with Gasteiger partial charge >= 0.3 is 0 Å². The highest BCUT2D eigenvalue weighted by Crippen LogP contribution is 2.61. The van der Waals surface area contributed by atoms with Crippen LogP contribution < -0.4 is 4.90 Å². The quantitative estimate of drug-likeness (QED) is 0.620. The third-order valence-corrected chi connectivity index (χ3v) is 6.46. The summed E-state index contributed by atoms with van der Waals surface area (Å²) in [6.45, 7) is 0. The van der Waals surface area contributed by atoms with Crippen molar-refractivity contribution < 1.29 is 9.59 Å². The van der Waals surface area contributed by atoms with Crippen molar-refractivity contribution in [3.8, 4) is 0 Å². The fraction of sp³-hybridized carbons (Fsp3) is 0.167. The van der Waals surface area contributed by atoms with E-state index in [2.05, 4.69) is 24.3 Å². The van der Waals surface area contributed by atoms with Gasteiger partial charge in [0, 0.05) is 11.8 Å². The van der Waals surface area contributed by atoms with E-state index in [0.29, 0.717) is 5.69 Å². The van der Waals surface area contributed by atoms with Crippen molar-refractivity contribution in [1.29, 1.82) is 0 Å². The maximum absolute atomic E-state index is 13.5. The Kier molecular flexibility index (Phi) is 2.85. The smallest absolute Gasteiger partial charge is 0.238 e. The topological polar surface area (TPSA) is 37.4 Å². The summed E-state index contributed by atoms with van der Waals surface area (Å²) >= 11 is 0. The van der Waals surface area contributed by atoms with Crippen LogP contribution in [-0.4, -0.2) is 11.8 Å². The summed E-state index contributed by atoms with van der Waals surface area (Å²) in [6, 6.07) is 26.0. The zero-order valence-electron chi connectivity index (χ0n) is 14.6. The first-order valence-corrected chi connectivity index (χ1v) is 9.38. The molecule has 2 bridgehead atoms. The van der Waals surface area contributed by atoms with Gasteiger partial charge in [0.15, 0.2) is 0 Å². The number of imide groups is 1. The van der Waals surface area contributed by atoms with Gasteiger partial charge in [-0.25, -0.2) is 4.90 Å². The fourth-order valence-electron chi connectivity index (χ4n) is 5.51. The van der Waals surface area contributed by atoms with E-state index < -0.39 is 0 Å². The van der Waals surface area contributed by atoms with Crippen LogP contribution in [0.15, 0.2) is 78.9 Å². The van der Waals surface area contributed by atoms with Gasteiger partial charge in [0.2, 0.25) is 11.8 Å². The maximum atomic E-state index is 13.5. The number of carbonyl (C=O) groups is 2. The first-order chi connectivity index (χ1) is 13.3. The van der Waals surface area contributed by atoms with Gasteiger partial charge in [-0.15, -0.1) is 0 Å². The van der Waals surface area contributed by atoms with Crippen molar-refractivity contribution in [3.05, 3.63) is 101 Å². The molecule has 0 aromatic heterocycles. The molecule has 0 unspecified atom stereocenters. The van der Waals surface area contributed by atoms with E-state index in [0.717, 1.165) is 0 Å². The molecule has 7 rings (SSSR count). The molecule has 0 radical (unpaired) electrons. The number of para-hydroxylation sites is 1. The molecular formula is C24H17NO2. The van der Waals surface area contributed by atoms with Gasteiger partial charge in [0.25, 0.3) is 0 Å². The van der Waals surface area contributed by atoms with Gasteiger partial charge in [-0.2, -0.15) is 0 Å². The molecule has 3 aromatic carbocycles. The van der Waals surface area contributed by atoms with Crippen molar-refractivity contribution in [2.24, 2.45) is 11.8 Å². The van der Waals surface area contributed by atoms with Gasteiger partial charge in [0.05, 0.1) is 17.5 Å². The van der Waals surface area contributed by atoms with Crippen molar-refractivity contribution in [2.45, 2.75) is 11.8 Å². The van der Waals surface area contributed by atoms with E-state index in [-0.39, 0.29) is 35.5 Å². The first-order valence-electron chi connectivity index (χ1n) is 9.38. The van der Waals surface area contributed by atoms with Crippen molar-refractivity contribution in [2.75, 3.05) is 4.90 Å². The molecule has 3 aliphatic carbocycles. The Hall–Kier alpha value is -3.20. The number of hydrogen-bond acceptors (Lipinski definition) is 2. The Bertz CT molecular complexity index is 989. The second kappa shape index (κ2) is 5.17. The minimum Gasteiger partial charge on any atom is -0.274 e. The maximum Gasteiger partial charge on any atom is 0.238 e. The van der Waals surface area contributed by atoms with Gasteiger partial charge < -0.3 is 0 Å². The molecule has 1 aliphatic heterocycles. The molecule has 3 aromatic rings. The van der Waals surface area contributed by atoms with Gasteiger partial charge in [-0.1, -0.05) is 66.7 Å². The highest BCUT2D eigenvalue weighted by atomic mass is 16.2. The fourth-order valence-corrected chi connectivity index (χ4v) is 5.51. The molecule has 0 saturated carbocycles. The lowest BCUT2D eigenvalue weighted by molar-refractivity contribution is -0.122. The zero-order chi connectivity index (χ0) is 18.1. The highest BCUT2D eigenvalue weighted by molar-refractivity contribution is 6.23. The predicted molar refractivity (Wildman–Crippen MR) is 102 cm³/mol. The van der Waals surface area contributed by atoms with Crippen LogP contribution in [0, 0.1) is 11.8 Å². The lowest BCUT2D eigenvalue weighted by Gasteiger charge is -2.45. The van der Waals surface area contributed by atoms with Gasteiger partial charge in [0.1, 0.15) is 0 Å². The Morgan fingerprint density at radius 3 is 1.30 bits per heavy atom. The molecule has 2 amide bonds. The molecule has 1 heterocycles. The largest absolute Gasteiger partial charge is 0.274 e. The van der Waals surface area contributed by atoms with Gasteiger partial charge in [-0.05, 0) is 34.4 Å². The summed E-state index contributed by atoms with van der Waals surface area (Å²) in [6.07, 6.45) is 0. The molecule has 0 spiro atoms. The number of hydrogen-bond donors (Lipinski definition) is 0. The first kappa shape index (κ1) is 14.9. The number of anilines is 1. The Morgan fingerprint density at radius 2 is 0.889 bits per heavy atom. The number of benzene rings is 3. The summed E-state index contributed by atoms with van der Waals surface area (Å²) in [5.74, 6) is -0.833. The lowest BCUT2D eigenvalue weighted by Crippen LogP contribution is -2.41. The van der Waals surface area contributed by atoms with Crippen LogP contribution >= 0.6 is 0 Å². The molecular weight excluding hydrogens is 334 g/mol. The standard InChI is InChI=1S/C24H17NO2/c26-23-21-19-15-10-4-5-11-16(15)20(18-13-7-6-12-17(18)19)22(21)24(27)25(23)14-8-2-1-3-9-14/h1-13,19-22H/t19?,20?,21-,22+. The van der Waals surface area contributed by atoms with Crippen LogP contribution in [0.25, 0.3) is 0 Å². The second-order valence-electron chi connectivity index (χ2n) is 7.61. The number of rotatable bonds is 1. The van der Waals surface area contributed by atoms with Crippen molar-refractivity contribution in [1.82, 2.24) is 0 Å². The second-order valence-corrected chi connectivity index (χ2v) is 7.61. The van der Waals surface area contributed by atoms with Crippen LogP contribution in [0.5, 0.6) is 0 Å². The van der Waals surface area contributed by atoms with E-state index in [4.69, 9.17) is 0 Å². The summed E-state index contributed by atoms with van der Waals surface area (Å²) in [5, 5.41) is 0. The van der Waals surface area contributed by atoms with E-state index in [1.165, 1.54) is 27.2 Å². The Labute approximate surface area is 157 Å². The predicted octanol–water partition coefficient (Wildman–Crippen LogP) is 4.08. The monoisotopic (exact) mass is 351 g/mol. The van der Waals surface area contributed by atoms with E-state index in [9.17, 15) is 9.59 Å². The molecule has 2 atom stereocenters. The van der Waals surface area contributed by atoms with Crippen LogP contribution in [0.2, 0.25) is 0 Å². The van der Waals surface area contributed by atoms with E-state index >= 15 is 0 Å². The number of amides is 2. The molecule has 130 valence electrons. The van der Waals surface area contributed by atoms with E-state index in [1.807, 2.05) is 54.6 Å². The van der Waals surface area contributed by atoms with Crippen LogP contribution in [0.1, 0.15) is 34.1 Å². The van der Waals surface area contributed by atoms with Crippen molar-refractivity contribution >= 4 is 17.5 Å². The molecule has 3 heteroatoms. The third-order valence-electron chi connectivity index (χ3n) is 6.46. The summed E-state index contributed by atoms with van der Waals surface area (Å²) in [5.41, 5.74) is 5.50. The Morgan fingerprint density at radius 1 is 0.519 bits per heavy atom. The van der Waals surface area contributed by atoms with Crippen molar-refractivity contribution in [3.63, 3.8) is 0 Å². The summed E-state index contributed by atoms with van der Waals surface area (Å²) in [4.78, 5) is 28.4. The zero-order valence-corrected chi connectivity index (χ0v) is 14.6. The molecule has 27 heavy (non-hydrogen) atoms. The third kappa shape index (κ3) is 1.76. The Balaban J connectivity index is 1.60. The van der Waals surface area contributed by atoms with Gasteiger partial charge in [-0.3, -0.25) is 9.59 Å². The minimum absolute atomic E-state index is 0.0439. The number of carbonyl (C=O) groups excluding carboxylic acids is 2. The van der Waals surface area contributed by atoms with E-state index in [1.54, 1.807) is 0 Å².